The molecule has 0 aliphatic carbocycles. The van der Waals surface area contributed by atoms with Crippen LogP contribution < -0.4 is 18.9 Å². The normalized spacial score (nSPS) is 12.5. The number of fused-ring (bicyclic) bond motifs is 1. The fourth-order valence-corrected chi connectivity index (χ4v) is 4.41. The molecule has 9 nitrogen and oxygen atoms in total. The molecule has 0 bridgehead atoms. The minimum Gasteiger partial charge on any atom is -0.489 e. The van der Waals surface area contributed by atoms with Gasteiger partial charge in [0, 0.05) is 11.8 Å². The van der Waals surface area contributed by atoms with E-state index in [-0.39, 0.29) is 35.1 Å². The number of hydrogen-bond donors (Lipinski definition) is 1. The number of carbonyl (C=O) groups is 2. The van der Waals surface area contributed by atoms with E-state index in [0.717, 1.165) is 0 Å². The molecule has 3 aromatic carbocycles. The van der Waals surface area contributed by atoms with E-state index in [1.54, 1.807) is 30.3 Å². The zero-order valence-electron chi connectivity index (χ0n) is 18.9. The van der Waals surface area contributed by atoms with Crippen molar-refractivity contribution in [2.75, 3.05) is 31.1 Å². The summed E-state index contributed by atoms with van der Waals surface area (Å²) in [6.45, 7) is 2.25. The molecule has 0 saturated carbocycles. The molecule has 1 N–H and O–H groups in total. The molecule has 0 spiro atoms. The van der Waals surface area contributed by atoms with E-state index < -0.39 is 16.0 Å². The fraction of sp³-hybridized carbons (Fsp3) is 0.200. The van der Waals surface area contributed by atoms with E-state index in [9.17, 15) is 18.0 Å². The number of nitrogens with one attached hydrogen (secondary N) is 1. The van der Waals surface area contributed by atoms with Crippen molar-refractivity contribution in [1.29, 1.82) is 0 Å². The third-order valence-electron chi connectivity index (χ3n) is 5.04. The SMILES string of the molecule is CC(=O)c1ccccc1OCCOC(=O)c1ccc(NS(=O)(=O)c2ccc3c(c2)OCCO3)cc1. The molecule has 3 aromatic rings. The summed E-state index contributed by atoms with van der Waals surface area (Å²) in [6.07, 6.45) is 0. The number of benzene rings is 3. The zero-order valence-corrected chi connectivity index (χ0v) is 19.7. The van der Waals surface area contributed by atoms with Gasteiger partial charge in [0.25, 0.3) is 10.0 Å². The Kier molecular flexibility index (Phi) is 7.21. The second-order valence-electron chi connectivity index (χ2n) is 7.53. The van der Waals surface area contributed by atoms with Crippen molar-refractivity contribution >= 4 is 27.5 Å². The molecule has 0 saturated heterocycles. The maximum Gasteiger partial charge on any atom is 0.338 e. The van der Waals surface area contributed by atoms with E-state index in [4.69, 9.17) is 18.9 Å². The van der Waals surface area contributed by atoms with Gasteiger partial charge in [0.2, 0.25) is 0 Å². The summed E-state index contributed by atoms with van der Waals surface area (Å²) < 4.78 is 49.5. The molecule has 0 fully saturated rings. The molecule has 4 rings (SSSR count). The first-order valence-corrected chi connectivity index (χ1v) is 12.2. The maximum absolute atomic E-state index is 12.7. The van der Waals surface area contributed by atoms with Gasteiger partial charge in [-0.3, -0.25) is 9.52 Å². The smallest absolute Gasteiger partial charge is 0.338 e. The highest BCUT2D eigenvalue weighted by molar-refractivity contribution is 7.92. The largest absolute Gasteiger partial charge is 0.489 e. The van der Waals surface area contributed by atoms with Gasteiger partial charge in [-0.15, -0.1) is 0 Å². The van der Waals surface area contributed by atoms with Crippen LogP contribution >= 0.6 is 0 Å². The lowest BCUT2D eigenvalue weighted by molar-refractivity contribution is 0.0449. The Labute approximate surface area is 202 Å². The number of carbonyl (C=O) groups excluding carboxylic acids is 2. The second-order valence-corrected chi connectivity index (χ2v) is 9.21. The molecular formula is C25H23NO8S. The lowest BCUT2D eigenvalue weighted by Gasteiger charge is -2.19. The minimum atomic E-state index is -3.88. The van der Waals surface area contributed by atoms with Crippen molar-refractivity contribution in [2.45, 2.75) is 11.8 Å². The lowest BCUT2D eigenvalue weighted by Crippen LogP contribution is -2.17. The molecule has 1 aliphatic rings. The Bertz CT molecular complexity index is 1340. The molecule has 0 radical (unpaired) electrons. The fourth-order valence-electron chi connectivity index (χ4n) is 3.33. The van der Waals surface area contributed by atoms with E-state index in [1.807, 2.05) is 0 Å². The standard InChI is InChI=1S/C25H23NO8S/c1-17(27)21-4-2-3-5-22(21)31-14-15-34-25(28)18-6-8-19(9-7-18)26-35(29,30)20-10-11-23-24(16-20)33-13-12-32-23/h2-11,16,26H,12-15H2,1H3. The quantitative estimate of drug-likeness (QED) is 0.270. The summed E-state index contributed by atoms with van der Waals surface area (Å²) in [4.78, 5) is 23.9. The molecule has 0 unspecified atom stereocenters. The van der Waals surface area contributed by atoms with Crippen LogP contribution in [0, 0.1) is 0 Å². The van der Waals surface area contributed by atoms with Crippen LogP contribution in [0.5, 0.6) is 17.2 Å². The molecule has 1 aliphatic heterocycles. The maximum atomic E-state index is 12.7. The number of ether oxygens (including phenoxy) is 4. The highest BCUT2D eigenvalue weighted by atomic mass is 32.2. The lowest BCUT2D eigenvalue weighted by atomic mass is 10.1. The van der Waals surface area contributed by atoms with Gasteiger partial charge >= 0.3 is 5.97 Å². The average molecular weight is 498 g/mol. The first-order chi connectivity index (χ1) is 16.8. The van der Waals surface area contributed by atoms with Crippen molar-refractivity contribution < 1.29 is 37.0 Å². The summed E-state index contributed by atoms with van der Waals surface area (Å²) in [5, 5.41) is 0. The van der Waals surface area contributed by atoms with Gasteiger partial charge < -0.3 is 18.9 Å². The number of ketones is 1. The number of sulfonamides is 1. The van der Waals surface area contributed by atoms with Crippen LogP contribution in [0.15, 0.2) is 71.6 Å². The second kappa shape index (κ2) is 10.5. The molecule has 0 aromatic heterocycles. The summed E-state index contributed by atoms with van der Waals surface area (Å²) in [6, 6.07) is 17.0. The molecule has 10 heteroatoms. The van der Waals surface area contributed by atoms with E-state index >= 15 is 0 Å². The van der Waals surface area contributed by atoms with Crippen LogP contribution in [0.25, 0.3) is 0 Å². The van der Waals surface area contributed by atoms with Crippen molar-refractivity contribution in [3.05, 3.63) is 77.9 Å². The number of esters is 1. The Morgan fingerprint density at radius 2 is 1.63 bits per heavy atom. The first-order valence-electron chi connectivity index (χ1n) is 10.8. The van der Waals surface area contributed by atoms with Gasteiger partial charge in [0.15, 0.2) is 17.3 Å². The van der Waals surface area contributed by atoms with Crippen LogP contribution in [0.1, 0.15) is 27.6 Å². The molecule has 35 heavy (non-hydrogen) atoms. The number of para-hydroxylation sites is 1. The first kappa shape index (κ1) is 24.1. The van der Waals surface area contributed by atoms with Gasteiger partial charge in [0.05, 0.1) is 16.0 Å². The van der Waals surface area contributed by atoms with Crippen LogP contribution in [-0.4, -0.2) is 46.6 Å². The predicted octanol–water partition coefficient (Wildman–Crippen LogP) is 3.70. The van der Waals surface area contributed by atoms with Crippen LogP contribution in [0.2, 0.25) is 0 Å². The van der Waals surface area contributed by atoms with Gasteiger partial charge in [-0.1, -0.05) is 12.1 Å². The third kappa shape index (κ3) is 5.90. The van der Waals surface area contributed by atoms with E-state index in [0.29, 0.717) is 36.0 Å². The average Bonchev–Trinajstić information content (AvgIpc) is 2.86. The van der Waals surface area contributed by atoms with Crippen molar-refractivity contribution in [2.24, 2.45) is 0 Å². The zero-order chi connectivity index (χ0) is 24.8. The number of anilines is 1. The monoisotopic (exact) mass is 497 g/mol. The number of Topliss-reactive ketones (excluding diaryl/α,β-unsaturated/α-hetero) is 1. The van der Waals surface area contributed by atoms with Gasteiger partial charge in [-0.25, -0.2) is 13.2 Å². The van der Waals surface area contributed by atoms with E-state index in [2.05, 4.69) is 4.72 Å². The van der Waals surface area contributed by atoms with E-state index in [1.165, 1.54) is 43.3 Å². The molecule has 182 valence electrons. The Morgan fingerprint density at radius 3 is 2.37 bits per heavy atom. The summed E-state index contributed by atoms with van der Waals surface area (Å²) >= 11 is 0. The Balaban J connectivity index is 1.31. The number of hydrogen-bond acceptors (Lipinski definition) is 8. The molecule has 0 amide bonds. The van der Waals surface area contributed by atoms with Crippen molar-refractivity contribution in [1.82, 2.24) is 0 Å². The Hall–Kier alpha value is -4.05. The highest BCUT2D eigenvalue weighted by Gasteiger charge is 2.20. The van der Waals surface area contributed by atoms with Gasteiger partial charge in [-0.05, 0) is 55.5 Å². The number of rotatable bonds is 9. The van der Waals surface area contributed by atoms with Crippen molar-refractivity contribution in [3.63, 3.8) is 0 Å². The third-order valence-corrected chi connectivity index (χ3v) is 6.42. The minimum absolute atomic E-state index is 0.0242. The predicted molar refractivity (Wildman–Crippen MR) is 127 cm³/mol. The highest BCUT2D eigenvalue weighted by Crippen LogP contribution is 2.32. The molecule has 1 heterocycles. The van der Waals surface area contributed by atoms with Gasteiger partial charge in [0.1, 0.15) is 32.2 Å². The van der Waals surface area contributed by atoms with Crippen LogP contribution in [-0.2, 0) is 14.8 Å². The van der Waals surface area contributed by atoms with Crippen LogP contribution in [0.3, 0.4) is 0 Å². The van der Waals surface area contributed by atoms with Gasteiger partial charge in [-0.2, -0.15) is 0 Å². The van der Waals surface area contributed by atoms with Crippen LogP contribution in [0.4, 0.5) is 5.69 Å². The summed E-state index contributed by atoms with van der Waals surface area (Å²) in [5.41, 5.74) is 0.977. The molecule has 0 atom stereocenters. The molecular weight excluding hydrogens is 474 g/mol. The summed E-state index contributed by atoms with van der Waals surface area (Å²) in [5.74, 6) is 0.570. The van der Waals surface area contributed by atoms with Crippen molar-refractivity contribution in [3.8, 4) is 17.2 Å². The topological polar surface area (TPSA) is 117 Å². The Morgan fingerprint density at radius 1 is 0.914 bits per heavy atom. The summed E-state index contributed by atoms with van der Waals surface area (Å²) in [7, 11) is -3.88.